The predicted molar refractivity (Wildman–Crippen MR) is 22.5 cm³/mol. The molecule has 0 fully saturated rings. The minimum Gasteiger partial charge on any atom is 0 e. The summed E-state index contributed by atoms with van der Waals surface area (Å²) in [5, 5.41) is 0. The van der Waals surface area contributed by atoms with E-state index in [4.69, 9.17) is 0 Å². The van der Waals surface area contributed by atoms with Crippen LogP contribution in [0.1, 0.15) is 0 Å². The Kier molecular flexibility index (Phi) is 210. The molecule has 24 valence electrons. The Morgan fingerprint density at radius 3 is 1.00 bits per heavy atom. The van der Waals surface area contributed by atoms with Crippen molar-refractivity contribution in [3.8, 4) is 0 Å². The van der Waals surface area contributed by atoms with Crippen LogP contribution < -0.4 is 0 Å². The molecule has 4 heavy (non-hydrogen) atoms. The quantitative estimate of drug-likeness (QED) is 0.479. The van der Waals surface area contributed by atoms with Crippen LogP contribution in [0.15, 0.2) is 0 Å². The van der Waals surface area contributed by atoms with E-state index in [1.165, 1.54) is 0 Å². The molecule has 0 unspecified atom stereocenters. The summed E-state index contributed by atoms with van der Waals surface area (Å²) in [6.45, 7) is 0. The Bertz CT molecular complexity index is 8.00. The van der Waals surface area contributed by atoms with Crippen LogP contribution >= 0.6 is 13.5 Å². The molecule has 0 spiro atoms. The van der Waals surface area contributed by atoms with Gasteiger partial charge in [-0.1, -0.05) is 0 Å². The summed E-state index contributed by atoms with van der Waals surface area (Å²) >= 11 is 0. The fourth-order valence-electron chi connectivity index (χ4n) is 0. The number of hydrogen-bond acceptors (Lipinski definition) is 0. The molecule has 0 atom stereocenters. The van der Waals surface area contributed by atoms with E-state index in [-0.39, 0.29) is 65.7 Å². The minimum absolute atomic E-state index is 0. The van der Waals surface area contributed by atoms with E-state index >= 15 is 0 Å². The maximum Gasteiger partial charge on any atom is 0 e. The van der Waals surface area contributed by atoms with Gasteiger partial charge in [-0.2, -0.15) is 13.5 Å². The van der Waals surface area contributed by atoms with Crippen molar-refractivity contribution in [3.63, 3.8) is 0 Å². The SMILES string of the molecule is O.S.[PbH2].[Zn]. The van der Waals surface area contributed by atoms with E-state index in [2.05, 4.69) is 0 Å². The van der Waals surface area contributed by atoms with Gasteiger partial charge in [-0.15, -0.1) is 0 Å². The molecular formula is H6OPbSZn. The Hall–Kier alpha value is 1.86. The van der Waals surface area contributed by atoms with Crippen LogP contribution in [0.25, 0.3) is 0 Å². The number of hydrogen-bond donors (Lipinski definition) is 0. The summed E-state index contributed by atoms with van der Waals surface area (Å²) in [5.74, 6) is 0. The van der Waals surface area contributed by atoms with E-state index in [0.717, 1.165) is 0 Å². The minimum atomic E-state index is 0. The van der Waals surface area contributed by atoms with E-state index in [1.807, 2.05) is 0 Å². The third kappa shape index (κ3) is 9.13. The molecule has 0 aliphatic heterocycles. The zero-order valence-electron chi connectivity index (χ0n) is 2.41. The monoisotopic (exact) mass is 326 g/mol. The van der Waals surface area contributed by atoms with Crippen molar-refractivity contribution in [2.24, 2.45) is 0 Å². The molecule has 0 aromatic carbocycles. The Morgan fingerprint density at radius 2 is 1.00 bits per heavy atom. The maximum atomic E-state index is 0. The second-order valence-electron chi connectivity index (χ2n) is 0. The molecule has 0 saturated heterocycles. The van der Waals surface area contributed by atoms with Gasteiger partial charge < -0.3 is 5.48 Å². The Labute approximate surface area is 65.2 Å². The Balaban J connectivity index is 0. The summed E-state index contributed by atoms with van der Waals surface area (Å²) in [4.78, 5) is 0. The second-order valence-corrected chi connectivity index (χ2v) is 0. The van der Waals surface area contributed by atoms with Gasteiger partial charge in [0.15, 0.2) is 0 Å². The summed E-state index contributed by atoms with van der Waals surface area (Å²) in [7, 11) is 0. The van der Waals surface area contributed by atoms with Crippen LogP contribution in [0.5, 0.6) is 0 Å². The molecule has 0 aromatic heterocycles. The molecule has 0 aromatic rings. The van der Waals surface area contributed by atoms with Crippen molar-refractivity contribution in [3.05, 3.63) is 0 Å². The second kappa shape index (κ2) is 21.0. The fourth-order valence-corrected chi connectivity index (χ4v) is 0. The molecule has 0 bridgehead atoms. The normalized spacial score (nSPS) is 0. The molecule has 0 amide bonds. The molecule has 0 rings (SSSR count). The van der Waals surface area contributed by atoms with Crippen molar-refractivity contribution < 1.29 is 25.0 Å². The van der Waals surface area contributed by atoms with Crippen molar-refractivity contribution in [1.29, 1.82) is 0 Å². The van der Waals surface area contributed by atoms with E-state index in [1.54, 1.807) is 0 Å². The standard InChI is InChI=1S/H2O.Pb.H2S.Zn.2H/h1H2;;1H2;;;. The fraction of sp³-hybridized carbons (Fsp3) is 0. The smallest absolute Gasteiger partial charge is 0 e. The van der Waals surface area contributed by atoms with Gasteiger partial charge in [-0.25, -0.2) is 0 Å². The molecule has 1 nitrogen and oxygen atoms in total. The van der Waals surface area contributed by atoms with Crippen molar-refractivity contribution in [1.82, 2.24) is 0 Å². The first-order valence-electron chi connectivity index (χ1n) is 0. The topological polar surface area (TPSA) is 31.5 Å². The van der Waals surface area contributed by atoms with Crippen LogP contribution in [0.2, 0.25) is 0 Å². The first-order chi connectivity index (χ1) is 0. The van der Waals surface area contributed by atoms with Crippen molar-refractivity contribution in [2.75, 3.05) is 0 Å². The van der Waals surface area contributed by atoms with Crippen LogP contribution in [0.3, 0.4) is 0 Å². The van der Waals surface area contributed by atoms with E-state index < -0.39 is 0 Å². The van der Waals surface area contributed by atoms with Gasteiger partial charge in [0.05, 0.1) is 0 Å². The molecule has 4 heteroatoms. The average Bonchev–Trinajstić information content (AvgIpc) is 0. The van der Waals surface area contributed by atoms with Crippen LogP contribution in [0.4, 0.5) is 0 Å². The summed E-state index contributed by atoms with van der Waals surface area (Å²) in [6.07, 6.45) is 0. The van der Waals surface area contributed by atoms with Gasteiger partial charge in [-0.05, 0) is 0 Å². The third-order valence-corrected chi connectivity index (χ3v) is 0. The molecule has 2 radical (unpaired) electrons. The van der Waals surface area contributed by atoms with Crippen LogP contribution in [-0.2, 0) is 19.5 Å². The van der Waals surface area contributed by atoms with Gasteiger partial charge in [0.25, 0.3) is 0 Å². The van der Waals surface area contributed by atoms with E-state index in [9.17, 15) is 0 Å². The molecule has 0 heterocycles. The van der Waals surface area contributed by atoms with Gasteiger partial charge >= 0.3 is 27.3 Å². The summed E-state index contributed by atoms with van der Waals surface area (Å²) < 4.78 is 0. The molecule has 0 saturated carbocycles. The molecule has 0 aliphatic rings. The Morgan fingerprint density at radius 1 is 1.00 bits per heavy atom. The summed E-state index contributed by atoms with van der Waals surface area (Å²) in [5.41, 5.74) is 0. The largest absolute Gasteiger partial charge is 0 e. The first kappa shape index (κ1) is 40.1. The maximum absolute atomic E-state index is 0. The number of rotatable bonds is 0. The van der Waals surface area contributed by atoms with Gasteiger partial charge in [-0.3, -0.25) is 0 Å². The van der Waals surface area contributed by atoms with Gasteiger partial charge in [0.1, 0.15) is 0 Å². The van der Waals surface area contributed by atoms with Crippen LogP contribution in [-0.4, -0.2) is 32.8 Å². The van der Waals surface area contributed by atoms with Gasteiger partial charge in [0, 0.05) is 19.5 Å². The average molecular weight is 327 g/mol. The van der Waals surface area contributed by atoms with Crippen LogP contribution in [0, 0.1) is 0 Å². The summed E-state index contributed by atoms with van der Waals surface area (Å²) in [6, 6.07) is 0. The molecule has 2 N–H and O–H groups in total. The molecule has 0 aliphatic carbocycles. The van der Waals surface area contributed by atoms with Crippen molar-refractivity contribution in [2.45, 2.75) is 0 Å². The predicted octanol–water partition coefficient (Wildman–Crippen LogP) is -1.63. The zero-order valence-corrected chi connectivity index (χ0v) is 11.9. The zero-order chi connectivity index (χ0) is 0. The van der Waals surface area contributed by atoms with Crippen molar-refractivity contribution >= 4 is 40.8 Å². The molecular weight excluding hydrogens is 321 g/mol. The van der Waals surface area contributed by atoms with Gasteiger partial charge in [0.2, 0.25) is 0 Å². The van der Waals surface area contributed by atoms with E-state index in [0.29, 0.717) is 0 Å². The third-order valence-electron chi connectivity index (χ3n) is 0. The first-order valence-corrected chi connectivity index (χ1v) is 0.